The fourth-order valence-corrected chi connectivity index (χ4v) is 3.35. The lowest BCUT2D eigenvalue weighted by Gasteiger charge is -2.34. The summed E-state index contributed by atoms with van der Waals surface area (Å²) in [7, 11) is 0. The molecule has 0 unspecified atom stereocenters. The predicted octanol–water partition coefficient (Wildman–Crippen LogP) is 0.856. The Hall–Kier alpha value is -3.60. The monoisotopic (exact) mass is 396 g/mol. The molecule has 0 aliphatic carbocycles. The van der Waals surface area contributed by atoms with Crippen LogP contribution in [0.5, 0.6) is 0 Å². The number of benzene rings is 1. The number of tetrazole rings is 1. The molecule has 1 aliphatic rings. The van der Waals surface area contributed by atoms with Crippen molar-refractivity contribution < 1.29 is 14.7 Å². The molecule has 0 radical (unpaired) electrons. The summed E-state index contributed by atoms with van der Waals surface area (Å²) in [4.78, 5) is 27.4. The zero-order valence-corrected chi connectivity index (χ0v) is 15.8. The van der Waals surface area contributed by atoms with E-state index in [0.717, 1.165) is 21.4 Å². The molecular formula is C18H20N8O3. The molecule has 11 heteroatoms. The predicted molar refractivity (Wildman–Crippen MR) is 101 cm³/mol. The van der Waals surface area contributed by atoms with Crippen molar-refractivity contribution in [1.82, 2.24) is 40.2 Å². The number of carbonyl (C=O) groups excluding carboxylic acids is 1. The highest BCUT2D eigenvalue weighted by atomic mass is 16.4. The van der Waals surface area contributed by atoms with Gasteiger partial charge in [0.15, 0.2) is 11.5 Å². The van der Waals surface area contributed by atoms with Crippen molar-refractivity contribution in [2.24, 2.45) is 0 Å². The number of piperazine rings is 1. The van der Waals surface area contributed by atoms with Gasteiger partial charge in [-0.1, -0.05) is 17.7 Å². The number of aryl methyl sites for hydroxylation is 1. The van der Waals surface area contributed by atoms with Crippen molar-refractivity contribution in [2.45, 2.75) is 13.5 Å². The van der Waals surface area contributed by atoms with E-state index in [1.165, 1.54) is 12.3 Å². The van der Waals surface area contributed by atoms with Crippen LogP contribution in [-0.2, 0) is 6.54 Å². The summed E-state index contributed by atoms with van der Waals surface area (Å²) < 4.78 is 1.08. The molecule has 4 rings (SSSR count). The van der Waals surface area contributed by atoms with Gasteiger partial charge in [-0.25, -0.2) is 14.7 Å². The normalized spacial score (nSPS) is 14.9. The minimum atomic E-state index is -1.16. The van der Waals surface area contributed by atoms with Gasteiger partial charge in [-0.05, 0) is 35.0 Å². The fraction of sp³-hybridized carbons (Fsp3) is 0.333. The molecule has 29 heavy (non-hydrogen) atoms. The lowest BCUT2D eigenvalue weighted by molar-refractivity contribution is 0.0689. The number of hydrogen-bond acceptors (Lipinski definition) is 7. The van der Waals surface area contributed by atoms with Crippen LogP contribution in [0.4, 0.5) is 4.79 Å². The van der Waals surface area contributed by atoms with Gasteiger partial charge in [0.05, 0.1) is 0 Å². The summed E-state index contributed by atoms with van der Waals surface area (Å²) in [6, 6.07) is 7.17. The molecular weight excluding hydrogens is 376 g/mol. The molecule has 2 aromatic heterocycles. The fourth-order valence-electron chi connectivity index (χ4n) is 3.35. The van der Waals surface area contributed by atoms with Crippen LogP contribution in [0.1, 0.15) is 21.6 Å². The van der Waals surface area contributed by atoms with Gasteiger partial charge in [0.1, 0.15) is 0 Å². The van der Waals surface area contributed by atoms with Crippen molar-refractivity contribution in [1.29, 1.82) is 0 Å². The number of aromatic nitrogens is 6. The highest BCUT2D eigenvalue weighted by molar-refractivity contribution is 5.86. The van der Waals surface area contributed by atoms with Gasteiger partial charge < -0.3 is 10.0 Å². The van der Waals surface area contributed by atoms with E-state index in [-0.39, 0.29) is 11.7 Å². The first-order valence-corrected chi connectivity index (χ1v) is 9.15. The Bertz CT molecular complexity index is 1020. The quantitative estimate of drug-likeness (QED) is 0.663. The van der Waals surface area contributed by atoms with Crippen LogP contribution in [0.25, 0.3) is 11.4 Å². The number of aromatic amines is 1. The molecule has 0 saturated carbocycles. The number of carboxylic acid groups (broad SMARTS) is 1. The van der Waals surface area contributed by atoms with Crippen LogP contribution in [0, 0.1) is 6.92 Å². The summed E-state index contributed by atoms with van der Waals surface area (Å²) in [5.74, 6) is -0.525. The highest BCUT2D eigenvalue weighted by Crippen LogP contribution is 2.23. The lowest BCUT2D eigenvalue weighted by atomic mass is 10.0. The summed E-state index contributed by atoms with van der Waals surface area (Å²) in [6.07, 6.45) is 1.38. The van der Waals surface area contributed by atoms with E-state index in [4.69, 9.17) is 5.11 Å². The number of nitrogens with zero attached hydrogens (tertiary/aromatic N) is 7. The number of aromatic carboxylic acids is 1. The van der Waals surface area contributed by atoms with Gasteiger partial charge in [-0.2, -0.15) is 9.78 Å². The zero-order chi connectivity index (χ0) is 20.4. The van der Waals surface area contributed by atoms with E-state index in [1.54, 1.807) is 4.90 Å². The minimum Gasteiger partial charge on any atom is -0.476 e. The SMILES string of the molecule is Cc1ccc(CN2CCN(C(=O)n3ccc(C(=O)O)n3)CC2)c(-c2nnn[nH]2)c1. The molecule has 1 aromatic carbocycles. The molecule has 2 N–H and O–H groups in total. The second-order valence-electron chi connectivity index (χ2n) is 6.91. The Kier molecular flexibility index (Phi) is 5.04. The first-order valence-electron chi connectivity index (χ1n) is 9.15. The topological polar surface area (TPSA) is 133 Å². The van der Waals surface area contributed by atoms with E-state index in [2.05, 4.69) is 48.8 Å². The van der Waals surface area contributed by atoms with E-state index < -0.39 is 5.97 Å². The third-order valence-electron chi connectivity index (χ3n) is 4.91. The van der Waals surface area contributed by atoms with Crippen molar-refractivity contribution in [3.63, 3.8) is 0 Å². The number of H-pyrrole nitrogens is 1. The standard InChI is InChI=1S/C18H20N8O3/c1-12-2-3-13(14(10-12)16-19-22-23-20-16)11-24-6-8-25(9-7-24)18(29)26-5-4-15(21-26)17(27)28/h2-5,10H,6-9,11H2,1H3,(H,27,28)(H,19,20,22,23). The summed E-state index contributed by atoms with van der Waals surface area (Å²) in [6.45, 7) is 5.19. The molecule has 0 spiro atoms. The molecule has 1 saturated heterocycles. The van der Waals surface area contributed by atoms with Gasteiger partial charge in [-0.15, -0.1) is 5.10 Å². The van der Waals surface area contributed by atoms with Crippen molar-refractivity contribution in [3.8, 4) is 11.4 Å². The van der Waals surface area contributed by atoms with Crippen LogP contribution < -0.4 is 0 Å². The van der Waals surface area contributed by atoms with Crippen LogP contribution in [-0.4, -0.2) is 83.5 Å². The largest absolute Gasteiger partial charge is 0.476 e. The number of carbonyl (C=O) groups is 2. The average Bonchev–Trinajstić information content (AvgIpc) is 3.42. The van der Waals surface area contributed by atoms with Gasteiger partial charge in [0.2, 0.25) is 0 Å². The Morgan fingerprint density at radius 3 is 2.62 bits per heavy atom. The van der Waals surface area contributed by atoms with Crippen LogP contribution >= 0.6 is 0 Å². The molecule has 0 atom stereocenters. The minimum absolute atomic E-state index is 0.147. The molecule has 0 bridgehead atoms. The maximum atomic E-state index is 12.5. The summed E-state index contributed by atoms with van der Waals surface area (Å²) in [5, 5.41) is 26.9. The van der Waals surface area contributed by atoms with Crippen LogP contribution in [0.15, 0.2) is 30.5 Å². The number of rotatable bonds is 4. The second-order valence-corrected chi connectivity index (χ2v) is 6.91. The number of amides is 1. The first kappa shape index (κ1) is 18.7. The zero-order valence-electron chi connectivity index (χ0n) is 15.8. The molecule has 11 nitrogen and oxygen atoms in total. The van der Waals surface area contributed by atoms with Crippen molar-refractivity contribution >= 4 is 12.0 Å². The Morgan fingerprint density at radius 2 is 1.97 bits per heavy atom. The van der Waals surface area contributed by atoms with Crippen LogP contribution in [0.3, 0.4) is 0 Å². The third-order valence-corrected chi connectivity index (χ3v) is 4.91. The Balaban J connectivity index is 1.40. The van der Waals surface area contributed by atoms with E-state index in [1.807, 2.05) is 6.92 Å². The molecule has 3 aromatic rings. The molecule has 1 amide bonds. The third kappa shape index (κ3) is 3.99. The van der Waals surface area contributed by atoms with Gasteiger partial charge in [0.25, 0.3) is 0 Å². The number of nitrogens with one attached hydrogen (secondary N) is 1. The van der Waals surface area contributed by atoms with E-state index in [9.17, 15) is 9.59 Å². The lowest BCUT2D eigenvalue weighted by Crippen LogP contribution is -2.49. The smallest absolute Gasteiger partial charge is 0.356 e. The average molecular weight is 396 g/mol. The maximum Gasteiger partial charge on any atom is 0.356 e. The summed E-state index contributed by atoms with van der Waals surface area (Å²) >= 11 is 0. The highest BCUT2D eigenvalue weighted by Gasteiger charge is 2.24. The van der Waals surface area contributed by atoms with E-state index >= 15 is 0 Å². The van der Waals surface area contributed by atoms with Gasteiger partial charge in [0, 0.05) is 44.5 Å². The number of carboxylic acids is 1. The molecule has 150 valence electrons. The Morgan fingerprint density at radius 1 is 1.17 bits per heavy atom. The molecule has 3 heterocycles. The first-order chi connectivity index (χ1) is 14.0. The van der Waals surface area contributed by atoms with Crippen LogP contribution in [0.2, 0.25) is 0 Å². The van der Waals surface area contributed by atoms with Gasteiger partial charge in [-0.3, -0.25) is 4.90 Å². The van der Waals surface area contributed by atoms with Gasteiger partial charge >= 0.3 is 12.0 Å². The Labute approximate surface area is 165 Å². The molecule has 1 aliphatic heterocycles. The van der Waals surface area contributed by atoms with Crippen molar-refractivity contribution in [3.05, 3.63) is 47.3 Å². The second kappa shape index (κ2) is 7.80. The number of hydrogen-bond donors (Lipinski definition) is 2. The molecule has 1 fully saturated rings. The summed E-state index contributed by atoms with van der Waals surface area (Å²) in [5.41, 5.74) is 3.04. The van der Waals surface area contributed by atoms with Crippen molar-refractivity contribution in [2.75, 3.05) is 26.2 Å². The maximum absolute atomic E-state index is 12.5. The van der Waals surface area contributed by atoms with E-state index in [0.29, 0.717) is 38.5 Å².